The summed E-state index contributed by atoms with van der Waals surface area (Å²) in [4.78, 5) is 51.2. The zero-order valence-corrected chi connectivity index (χ0v) is 17.9. The molecule has 10 heteroatoms. The molecule has 164 valence electrons. The molecule has 0 aromatic heterocycles. The van der Waals surface area contributed by atoms with Crippen LogP contribution in [0.15, 0.2) is 0 Å². The lowest BCUT2D eigenvalue weighted by Gasteiger charge is -2.30. The van der Waals surface area contributed by atoms with Crippen LogP contribution in [0.2, 0.25) is 0 Å². The first-order valence-electron chi connectivity index (χ1n) is 10.3. The van der Waals surface area contributed by atoms with E-state index < -0.39 is 30.0 Å². The number of amides is 3. The molecule has 0 spiro atoms. The second kappa shape index (κ2) is 10.8. The highest BCUT2D eigenvalue weighted by Gasteiger charge is 2.39. The molecule has 9 nitrogen and oxygen atoms in total. The molecule has 4 N–H and O–H groups in total. The summed E-state index contributed by atoms with van der Waals surface area (Å²) in [5.41, 5.74) is 0. The Morgan fingerprint density at radius 1 is 1.21 bits per heavy atom. The van der Waals surface area contributed by atoms with Gasteiger partial charge in [0.05, 0.1) is 6.04 Å². The first-order chi connectivity index (χ1) is 13.8. The van der Waals surface area contributed by atoms with Gasteiger partial charge in [-0.15, -0.1) is 0 Å². The van der Waals surface area contributed by atoms with Crippen molar-refractivity contribution in [3.8, 4) is 0 Å². The lowest BCUT2D eigenvalue weighted by atomic mass is 9.97. The van der Waals surface area contributed by atoms with Crippen molar-refractivity contribution in [2.45, 2.75) is 70.1 Å². The standard InChI is InChI=1S/C19H32N4O5S/c1-3-11(2)15(17(25)21-13(10-29)19(27)28)22-16(24)14-7-5-9-23(14)18(26)12-6-4-8-20-12/h11-15,20,29H,3-10H2,1-2H3,(H,21,25)(H,22,24)(H,27,28)/t11-,12-,13-,14-,15-/m0/s1. The Kier molecular flexibility index (Phi) is 8.76. The molecule has 0 aliphatic carbocycles. The molecule has 0 bridgehead atoms. The fraction of sp³-hybridized carbons (Fsp3) is 0.789. The monoisotopic (exact) mass is 428 g/mol. The molecule has 3 amide bonds. The van der Waals surface area contributed by atoms with E-state index in [9.17, 15) is 19.2 Å². The minimum absolute atomic E-state index is 0.0540. The molecular weight excluding hydrogens is 396 g/mol. The number of likely N-dealkylation sites (tertiary alicyclic amines) is 1. The topological polar surface area (TPSA) is 128 Å². The van der Waals surface area contributed by atoms with E-state index in [0.717, 1.165) is 25.8 Å². The van der Waals surface area contributed by atoms with Crippen LogP contribution in [0.4, 0.5) is 0 Å². The Morgan fingerprint density at radius 2 is 1.93 bits per heavy atom. The van der Waals surface area contributed by atoms with Crippen molar-refractivity contribution in [1.82, 2.24) is 20.9 Å². The molecule has 0 saturated carbocycles. The second-order valence-corrected chi connectivity index (χ2v) is 8.16. The van der Waals surface area contributed by atoms with E-state index in [0.29, 0.717) is 19.4 Å². The van der Waals surface area contributed by atoms with Gasteiger partial charge in [0, 0.05) is 12.3 Å². The Labute approximate surface area is 176 Å². The number of thiol groups is 1. The molecule has 5 atom stereocenters. The Balaban J connectivity index is 2.07. The summed E-state index contributed by atoms with van der Waals surface area (Å²) < 4.78 is 0. The maximum atomic E-state index is 13.0. The molecule has 0 unspecified atom stereocenters. The lowest BCUT2D eigenvalue weighted by Crippen LogP contribution is -2.58. The van der Waals surface area contributed by atoms with Gasteiger partial charge in [0.25, 0.3) is 0 Å². The van der Waals surface area contributed by atoms with Gasteiger partial charge < -0.3 is 26.0 Å². The number of carbonyl (C=O) groups excluding carboxylic acids is 3. The van der Waals surface area contributed by atoms with Crippen molar-refractivity contribution >= 4 is 36.3 Å². The minimum Gasteiger partial charge on any atom is -0.480 e. The van der Waals surface area contributed by atoms with E-state index in [2.05, 4.69) is 28.6 Å². The minimum atomic E-state index is -1.18. The van der Waals surface area contributed by atoms with Crippen LogP contribution in [0.5, 0.6) is 0 Å². The second-order valence-electron chi connectivity index (χ2n) is 7.79. The van der Waals surface area contributed by atoms with Gasteiger partial charge >= 0.3 is 5.97 Å². The number of nitrogens with one attached hydrogen (secondary N) is 3. The number of carboxylic acid groups (broad SMARTS) is 1. The quantitative estimate of drug-likeness (QED) is 0.323. The molecule has 0 aromatic carbocycles. The van der Waals surface area contributed by atoms with Gasteiger partial charge in [-0.25, -0.2) is 4.79 Å². The summed E-state index contributed by atoms with van der Waals surface area (Å²) >= 11 is 3.96. The van der Waals surface area contributed by atoms with E-state index in [-0.39, 0.29) is 29.5 Å². The summed E-state index contributed by atoms with van der Waals surface area (Å²) in [5, 5.41) is 17.5. The van der Waals surface area contributed by atoms with Crippen molar-refractivity contribution in [1.29, 1.82) is 0 Å². The van der Waals surface area contributed by atoms with E-state index in [1.165, 1.54) is 0 Å². The first kappa shape index (κ1) is 23.5. The van der Waals surface area contributed by atoms with Gasteiger partial charge in [0.1, 0.15) is 18.1 Å². The van der Waals surface area contributed by atoms with Crippen molar-refractivity contribution < 1.29 is 24.3 Å². The van der Waals surface area contributed by atoms with Crippen LogP contribution in [0.25, 0.3) is 0 Å². The van der Waals surface area contributed by atoms with Crippen molar-refractivity contribution in [2.24, 2.45) is 5.92 Å². The number of hydrogen-bond acceptors (Lipinski definition) is 6. The SMILES string of the molecule is CC[C@H](C)[C@H](NC(=O)[C@@H]1CCCN1C(=O)[C@@H]1CCCN1)C(=O)N[C@@H](CS)C(=O)O. The van der Waals surface area contributed by atoms with Crippen LogP contribution in [-0.4, -0.2) is 76.7 Å². The molecule has 2 aliphatic heterocycles. The average Bonchev–Trinajstić information content (AvgIpc) is 3.40. The van der Waals surface area contributed by atoms with Gasteiger partial charge in [-0.2, -0.15) is 12.6 Å². The largest absolute Gasteiger partial charge is 0.480 e. The van der Waals surface area contributed by atoms with Gasteiger partial charge in [-0.05, 0) is 38.1 Å². The summed E-state index contributed by atoms with van der Waals surface area (Å²) in [6.45, 7) is 5.03. The Bertz CT molecular complexity index is 626. The van der Waals surface area contributed by atoms with Crippen molar-refractivity contribution in [3.63, 3.8) is 0 Å². The fourth-order valence-corrected chi connectivity index (χ4v) is 4.04. The number of nitrogens with zero attached hydrogens (tertiary/aromatic N) is 1. The van der Waals surface area contributed by atoms with Gasteiger partial charge in [0.2, 0.25) is 17.7 Å². The molecule has 2 rings (SSSR count). The van der Waals surface area contributed by atoms with Crippen LogP contribution < -0.4 is 16.0 Å². The van der Waals surface area contributed by atoms with Crippen LogP contribution in [0.1, 0.15) is 46.0 Å². The highest BCUT2D eigenvalue weighted by atomic mass is 32.1. The smallest absolute Gasteiger partial charge is 0.327 e. The summed E-state index contributed by atoms with van der Waals surface area (Å²) in [6.07, 6.45) is 3.61. The third kappa shape index (κ3) is 5.85. The molecular formula is C19H32N4O5S. The third-order valence-electron chi connectivity index (χ3n) is 5.79. The maximum absolute atomic E-state index is 13.0. The predicted octanol–water partition coefficient (Wildman–Crippen LogP) is -0.240. The molecule has 2 fully saturated rings. The number of aliphatic carboxylic acids is 1. The average molecular weight is 429 g/mol. The van der Waals surface area contributed by atoms with E-state index in [1.54, 1.807) is 4.90 Å². The summed E-state index contributed by atoms with van der Waals surface area (Å²) in [7, 11) is 0. The molecule has 2 heterocycles. The third-order valence-corrected chi connectivity index (χ3v) is 6.15. The van der Waals surface area contributed by atoms with Gasteiger partial charge in [-0.3, -0.25) is 14.4 Å². The zero-order valence-electron chi connectivity index (χ0n) is 17.0. The first-order valence-corrected chi connectivity index (χ1v) is 10.9. The van der Waals surface area contributed by atoms with Gasteiger partial charge in [-0.1, -0.05) is 20.3 Å². The maximum Gasteiger partial charge on any atom is 0.327 e. The Morgan fingerprint density at radius 3 is 2.48 bits per heavy atom. The number of carbonyl (C=O) groups is 4. The van der Waals surface area contributed by atoms with Crippen LogP contribution in [0.3, 0.4) is 0 Å². The summed E-state index contributed by atoms with van der Waals surface area (Å²) in [6, 6.07) is -2.86. The number of carboxylic acids is 1. The normalized spacial score (nSPS) is 24.6. The molecule has 29 heavy (non-hydrogen) atoms. The highest BCUT2D eigenvalue weighted by Crippen LogP contribution is 2.21. The molecule has 2 aliphatic rings. The molecule has 2 saturated heterocycles. The van der Waals surface area contributed by atoms with E-state index in [4.69, 9.17) is 5.11 Å². The predicted molar refractivity (Wildman–Crippen MR) is 111 cm³/mol. The highest BCUT2D eigenvalue weighted by molar-refractivity contribution is 7.80. The van der Waals surface area contributed by atoms with Crippen LogP contribution in [0, 0.1) is 5.92 Å². The summed E-state index contributed by atoms with van der Waals surface area (Å²) in [5.74, 6) is -2.42. The zero-order chi connectivity index (χ0) is 21.6. The Hall–Kier alpha value is -1.81. The fourth-order valence-electron chi connectivity index (χ4n) is 3.80. The lowest BCUT2D eigenvalue weighted by molar-refractivity contribution is -0.143. The number of hydrogen-bond donors (Lipinski definition) is 5. The van der Waals surface area contributed by atoms with Gasteiger partial charge in [0.15, 0.2) is 0 Å². The van der Waals surface area contributed by atoms with Crippen LogP contribution >= 0.6 is 12.6 Å². The molecule has 0 aromatic rings. The van der Waals surface area contributed by atoms with E-state index >= 15 is 0 Å². The number of rotatable bonds is 9. The van der Waals surface area contributed by atoms with Crippen molar-refractivity contribution in [2.75, 3.05) is 18.8 Å². The van der Waals surface area contributed by atoms with Crippen molar-refractivity contribution in [3.05, 3.63) is 0 Å². The van der Waals surface area contributed by atoms with Crippen LogP contribution in [-0.2, 0) is 19.2 Å². The molecule has 0 radical (unpaired) electrons. The van der Waals surface area contributed by atoms with E-state index in [1.807, 2.05) is 13.8 Å².